The summed E-state index contributed by atoms with van der Waals surface area (Å²) >= 11 is 0. The van der Waals surface area contributed by atoms with Crippen molar-refractivity contribution in [2.45, 2.75) is 38.6 Å². The first-order valence-corrected chi connectivity index (χ1v) is 7.85. The quantitative estimate of drug-likeness (QED) is 0.879. The molecule has 0 fully saturated rings. The molecule has 0 saturated heterocycles. The van der Waals surface area contributed by atoms with Gasteiger partial charge in [-0.1, -0.05) is 0 Å². The molecule has 0 spiro atoms. The number of carboxylic acids is 1. The average Bonchev–Trinajstić information content (AvgIpc) is 3.09. The minimum atomic E-state index is -0.968. The van der Waals surface area contributed by atoms with Crippen LogP contribution in [0.3, 0.4) is 0 Å². The van der Waals surface area contributed by atoms with Crippen molar-refractivity contribution in [2.24, 2.45) is 0 Å². The van der Waals surface area contributed by atoms with Gasteiger partial charge in [-0.3, -0.25) is 9.59 Å². The van der Waals surface area contributed by atoms with Crippen molar-refractivity contribution in [3.05, 3.63) is 47.0 Å². The summed E-state index contributed by atoms with van der Waals surface area (Å²) in [4.78, 5) is 23.2. The fourth-order valence-electron chi connectivity index (χ4n) is 3.02. The topological polar surface area (TPSA) is 84.2 Å². The highest BCUT2D eigenvalue weighted by molar-refractivity contribution is 5.94. The number of hydrogen-bond acceptors (Lipinski definition) is 3. The van der Waals surface area contributed by atoms with Gasteiger partial charge in [0.25, 0.3) is 5.91 Å². The van der Waals surface area contributed by atoms with Crippen LogP contribution >= 0.6 is 0 Å². The Balaban J connectivity index is 1.90. The second kappa shape index (κ2) is 6.43. The summed E-state index contributed by atoms with van der Waals surface area (Å²) in [6, 6.07) is 5.47. The smallest absolute Gasteiger partial charge is 0.305 e. The zero-order valence-electron chi connectivity index (χ0n) is 13.3. The molecule has 1 atom stereocenters. The van der Waals surface area contributed by atoms with Gasteiger partial charge in [0.1, 0.15) is 5.82 Å². The van der Waals surface area contributed by atoms with Crippen LogP contribution in [0.15, 0.2) is 24.3 Å². The lowest BCUT2D eigenvalue weighted by Gasteiger charge is -2.10. The van der Waals surface area contributed by atoms with Crippen LogP contribution in [-0.4, -0.2) is 32.8 Å². The van der Waals surface area contributed by atoms with E-state index in [1.54, 1.807) is 23.7 Å². The highest BCUT2D eigenvalue weighted by Gasteiger charge is 2.27. The highest BCUT2D eigenvalue weighted by atomic mass is 19.1. The number of hydrogen-bond donors (Lipinski definition) is 2. The molecular formula is C17H18FN3O3. The molecule has 6 nitrogen and oxygen atoms in total. The largest absolute Gasteiger partial charge is 0.481 e. The molecule has 0 radical (unpaired) electrons. The van der Waals surface area contributed by atoms with Crippen LogP contribution in [0, 0.1) is 5.82 Å². The molecule has 0 bridgehead atoms. The van der Waals surface area contributed by atoms with Gasteiger partial charge in [0.05, 0.1) is 12.1 Å². The van der Waals surface area contributed by atoms with E-state index < -0.39 is 12.0 Å². The number of rotatable bonds is 5. The number of aromatic nitrogens is 2. The number of aliphatic carboxylic acids is 1. The highest BCUT2D eigenvalue weighted by Crippen LogP contribution is 2.28. The third kappa shape index (κ3) is 3.15. The van der Waals surface area contributed by atoms with Crippen LogP contribution in [0.25, 0.3) is 5.69 Å². The third-order valence-corrected chi connectivity index (χ3v) is 4.07. The lowest BCUT2D eigenvalue weighted by molar-refractivity contribution is -0.137. The first kappa shape index (κ1) is 16.2. The van der Waals surface area contributed by atoms with Crippen molar-refractivity contribution >= 4 is 11.9 Å². The summed E-state index contributed by atoms with van der Waals surface area (Å²) in [6.45, 7) is 1.64. The van der Waals surface area contributed by atoms with E-state index in [-0.39, 0.29) is 18.1 Å². The SMILES string of the molecule is CC(CC(=O)O)NC(=O)c1nn(-c2ccc(F)cc2)c2c1CCC2. The van der Waals surface area contributed by atoms with Crippen molar-refractivity contribution in [2.75, 3.05) is 0 Å². The number of benzene rings is 1. The molecule has 1 aliphatic rings. The van der Waals surface area contributed by atoms with Crippen LogP contribution < -0.4 is 5.32 Å². The molecule has 1 aliphatic carbocycles. The van der Waals surface area contributed by atoms with Gasteiger partial charge in [-0.15, -0.1) is 0 Å². The molecule has 2 N–H and O–H groups in total. The maximum atomic E-state index is 13.1. The molecule has 0 saturated carbocycles. The standard InChI is InChI=1S/C17H18FN3O3/c1-10(9-15(22)23)19-17(24)16-13-3-2-4-14(13)21(20-16)12-7-5-11(18)6-8-12/h5-8,10H,2-4,9H2,1H3,(H,19,24)(H,22,23). The van der Waals surface area contributed by atoms with Gasteiger partial charge in [-0.2, -0.15) is 5.10 Å². The third-order valence-electron chi connectivity index (χ3n) is 4.07. The summed E-state index contributed by atoms with van der Waals surface area (Å²) in [7, 11) is 0. The van der Waals surface area contributed by atoms with E-state index in [1.807, 2.05) is 0 Å². The Morgan fingerprint density at radius 1 is 1.33 bits per heavy atom. The first-order valence-electron chi connectivity index (χ1n) is 7.85. The van der Waals surface area contributed by atoms with E-state index in [0.717, 1.165) is 30.5 Å². The van der Waals surface area contributed by atoms with Crippen LogP contribution in [0.5, 0.6) is 0 Å². The van der Waals surface area contributed by atoms with Gasteiger partial charge in [0, 0.05) is 17.3 Å². The van der Waals surface area contributed by atoms with Crippen LogP contribution in [0.4, 0.5) is 4.39 Å². The molecule has 1 unspecified atom stereocenters. The Bertz CT molecular complexity index is 783. The maximum absolute atomic E-state index is 13.1. The number of halogens is 1. The summed E-state index contributed by atoms with van der Waals surface area (Å²) in [5.41, 5.74) is 2.87. The Morgan fingerprint density at radius 2 is 2.04 bits per heavy atom. The first-order chi connectivity index (χ1) is 11.5. The van der Waals surface area contributed by atoms with E-state index in [9.17, 15) is 14.0 Å². The monoisotopic (exact) mass is 331 g/mol. The fourth-order valence-corrected chi connectivity index (χ4v) is 3.02. The second-order valence-electron chi connectivity index (χ2n) is 5.99. The zero-order valence-corrected chi connectivity index (χ0v) is 13.3. The molecule has 1 aromatic carbocycles. The minimum absolute atomic E-state index is 0.146. The molecule has 126 valence electrons. The summed E-state index contributed by atoms with van der Waals surface area (Å²) < 4.78 is 14.8. The minimum Gasteiger partial charge on any atom is -0.481 e. The van der Waals surface area contributed by atoms with Gasteiger partial charge >= 0.3 is 5.97 Å². The molecule has 0 aliphatic heterocycles. The van der Waals surface area contributed by atoms with Crippen LogP contribution in [0.1, 0.15) is 41.5 Å². The van der Waals surface area contributed by atoms with E-state index in [0.29, 0.717) is 11.4 Å². The van der Waals surface area contributed by atoms with Gasteiger partial charge < -0.3 is 10.4 Å². The van der Waals surface area contributed by atoms with Crippen molar-refractivity contribution in [3.8, 4) is 5.69 Å². The molecule has 1 heterocycles. The Hall–Kier alpha value is -2.70. The van der Waals surface area contributed by atoms with Crippen molar-refractivity contribution in [1.82, 2.24) is 15.1 Å². The van der Waals surface area contributed by atoms with E-state index >= 15 is 0 Å². The van der Waals surface area contributed by atoms with Crippen LogP contribution in [-0.2, 0) is 17.6 Å². The number of carbonyl (C=O) groups is 2. The normalized spacial score (nSPS) is 14.2. The molecule has 1 amide bonds. The Labute approximate surface area is 138 Å². The number of nitrogens with one attached hydrogen (secondary N) is 1. The maximum Gasteiger partial charge on any atom is 0.305 e. The summed E-state index contributed by atoms with van der Waals surface area (Å²) in [5.74, 6) is -1.67. The average molecular weight is 331 g/mol. The number of carbonyl (C=O) groups excluding carboxylic acids is 1. The lowest BCUT2D eigenvalue weighted by Crippen LogP contribution is -2.35. The lowest BCUT2D eigenvalue weighted by atomic mass is 10.1. The predicted molar refractivity (Wildman–Crippen MR) is 84.7 cm³/mol. The summed E-state index contributed by atoms with van der Waals surface area (Å²) in [6.07, 6.45) is 2.34. The van der Waals surface area contributed by atoms with Crippen molar-refractivity contribution in [1.29, 1.82) is 0 Å². The van der Waals surface area contributed by atoms with Gasteiger partial charge in [-0.05, 0) is 50.5 Å². The molecule has 24 heavy (non-hydrogen) atoms. The van der Waals surface area contributed by atoms with E-state index in [4.69, 9.17) is 5.11 Å². The zero-order chi connectivity index (χ0) is 17.3. The van der Waals surface area contributed by atoms with Crippen molar-refractivity contribution < 1.29 is 19.1 Å². The van der Waals surface area contributed by atoms with Gasteiger partial charge in [0.2, 0.25) is 0 Å². The molecular weight excluding hydrogens is 313 g/mol. The second-order valence-corrected chi connectivity index (χ2v) is 5.99. The Kier molecular flexibility index (Phi) is 4.33. The van der Waals surface area contributed by atoms with Crippen LogP contribution in [0.2, 0.25) is 0 Å². The van der Waals surface area contributed by atoms with Crippen molar-refractivity contribution in [3.63, 3.8) is 0 Å². The van der Waals surface area contributed by atoms with E-state index in [2.05, 4.69) is 10.4 Å². The number of amides is 1. The number of carboxylic acid groups (broad SMARTS) is 1. The molecule has 7 heteroatoms. The number of fused-ring (bicyclic) bond motifs is 1. The summed E-state index contributed by atoms with van der Waals surface area (Å²) in [5, 5.41) is 15.9. The molecule has 1 aromatic heterocycles. The van der Waals surface area contributed by atoms with E-state index in [1.165, 1.54) is 12.1 Å². The Morgan fingerprint density at radius 3 is 2.71 bits per heavy atom. The molecule has 2 aromatic rings. The number of nitrogens with zero attached hydrogens (tertiary/aromatic N) is 2. The van der Waals surface area contributed by atoms with Gasteiger partial charge in [-0.25, -0.2) is 9.07 Å². The molecule has 3 rings (SSSR count). The fraction of sp³-hybridized carbons (Fsp3) is 0.353. The van der Waals surface area contributed by atoms with Gasteiger partial charge in [0.15, 0.2) is 5.69 Å². The predicted octanol–water partition coefficient (Wildman–Crippen LogP) is 2.09.